The largest absolute Gasteiger partial charge is 0.354 e. The molecule has 2 aromatic carbocycles. The first kappa shape index (κ1) is 22.4. The van der Waals surface area contributed by atoms with Crippen molar-refractivity contribution in [3.05, 3.63) is 77.6 Å². The number of anilines is 1. The first-order chi connectivity index (χ1) is 15.7. The van der Waals surface area contributed by atoms with Crippen LogP contribution in [0.2, 0.25) is 0 Å². The molecule has 1 aliphatic rings. The highest BCUT2D eigenvalue weighted by Gasteiger charge is 2.21. The third-order valence-corrected chi connectivity index (χ3v) is 6.77. The molecule has 1 aromatic heterocycles. The maximum atomic E-state index is 12.6. The van der Waals surface area contributed by atoms with E-state index >= 15 is 0 Å². The molecule has 1 unspecified atom stereocenters. The Balaban J connectivity index is 1.20. The highest BCUT2D eigenvalue weighted by atomic mass is 32.1. The molecule has 0 bridgehead atoms. The van der Waals surface area contributed by atoms with Crippen molar-refractivity contribution >= 4 is 22.6 Å². The second kappa shape index (κ2) is 11.2. The summed E-state index contributed by atoms with van der Waals surface area (Å²) in [5.41, 5.74) is 2.33. The molecule has 1 N–H and O–H groups in total. The normalized spacial score (nSPS) is 15.5. The number of hydrogen-bond donors (Lipinski definition) is 1. The molecule has 2 heterocycles. The minimum atomic E-state index is -0.0736. The smallest absolute Gasteiger partial charge is 0.227 e. The summed E-state index contributed by atoms with van der Waals surface area (Å²) in [7, 11) is 0. The van der Waals surface area contributed by atoms with E-state index in [2.05, 4.69) is 38.5 Å². The number of nitrogens with zero attached hydrogens (tertiary/aromatic N) is 4. The standard InChI is InChI=1S/C25H31N5OS/c1-2-22(21-11-7-4-8-12-21)24(31)26-13-14-29-15-17-30(18-16-29)25-27-23(28-32-25)19-20-9-5-3-6-10-20/h3-12,22H,2,13-19H2,1H3,(H,26,31). The monoisotopic (exact) mass is 449 g/mol. The van der Waals surface area contributed by atoms with E-state index in [-0.39, 0.29) is 11.8 Å². The highest BCUT2D eigenvalue weighted by Crippen LogP contribution is 2.21. The van der Waals surface area contributed by atoms with Crippen LogP contribution in [0.25, 0.3) is 0 Å². The molecule has 0 spiro atoms. The van der Waals surface area contributed by atoms with E-state index in [9.17, 15) is 4.79 Å². The number of rotatable bonds is 9. The average Bonchev–Trinajstić information content (AvgIpc) is 3.30. The lowest BCUT2D eigenvalue weighted by Gasteiger charge is -2.34. The van der Waals surface area contributed by atoms with Gasteiger partial charge in [0.2, 0.25) is 11.0 Å². The fourth-order valence-electron chi connectivity index (χ4n) is 4.10. The summed E-state index contributed by atoms with van der Waals surface area (Å²) < 4.78 is 4.55. The van der Waals surface area contributed by atoms with E-state index in [1.807, 2.05) is 48.5 Å². The molecule has 1 fully saturated rings. The van der Waals surface area contributed by atoms with Crippen LogP contribution in [0.5, 0.6) is 0 Å². The number of nitrogens with one attached hydrogen (secondary N) is 1. The quantitative estimate of drug-likeness (QED) is 0.541. The number of aromatic nitrogens is 2. The molecule has 32 heavy (non-hydrogen) atoms. The van der Waals surface area contributed by atoms with E-state index in [0.717, 1.165) is 62.1 Å². The van der Waals surface area contributed by atoms with Crippen LogP contribution in [0.3, 0.4) is 0 Å². The summed E-state index contributed by atoms with van der Waals surface area (Å²) in [4.78, 5) is 22.1. The number of piperazine rings is 1. The molecule has 7 heteroatoms. The van der Waals surface area contributed by atoms with Crippen molar-refractivity contribution in [1.29, 1.82) is 0 Å². The number of hydrogen-bond acceptors (Lipinski definition) is 6. The number of carbonyl (C=O) groups excluding carboxylic acids is 1. The maximum absolute atomic E-state index is 12.6. The lowest BCUT2D eigenvalue weighted by atomic mass is 9.96. The van der Waals surface area contributed by atoms with Gasteiger partial charge in [0.15, 0.2) is 0 Å². The summed E-state index contributed by atoms with van der Waals surface area (Å²) in [5.74, 6) is 0.943. The molecule has 0 aliphatic carbocycles. The first-order valence-electron chi connectivity index (χ1n) is 11.4. The van der Waals surface area contributed by atoms with E-state index in [4.69, 9.17) is 4.98 Å². The van der Waals surface area contributed by atoms with Crippen molar-refractivity contribution in [2.24, 2.45) is 0 Å². The van der Waals surface area contributed by atoms with Crippen LogP contribution in [0, 0.1) is 0 Å². The first-order valence-corrected chi connectivity index (χ1v) is 12.2. The minimum Gasteiger partial charge on any atom is -0.354 e. The van der Waals surface area contributed by atoms with Gasteiger partial charge < -0.3 is 10.2 Å². The second-order valence-electron chi connectivity index (χ2n) is 8.15. The van der Waals surface area contributed by atoms with Crippen LogP contribution >= 0.6 is 11.5 Å². The summed E-state index contributed by atoms with van der Waals surface area (Å²) in [6, 6.07) is 20.4. The van der Waals surface area contributed by atoms with Gasteiger partial charge in [-0.3, -0.25) is 9.69 Å². The Hall–Kier alpha value is -2.77. The maximum Gasteiger partial charge on any atom is 0.227 e. The molecule has 0 radical (unpaired) electrons. The van der Waals surface area contributed by atoms with Gasteiger partial charge in [0.25, 0.3) is 0 Å². The topological polar surface area (TPSA) is 61.4 Å². The van der Waals surface area contributed by atoms with Crippen LogP contribution in [-0.2, 0) is 11.2 Å². The summed E-state index contributed by atoms with van der Waals surface area (Å²) in [6.07, 6.45) is 1.58. The van der Waals surface area contributed by atoms with Gasteiger partial charge in [-0.15, -0.1) is 0 Å². The van der Waals surface area contributed by atoms with Gasteiger partial charge in [-0.25, -0.2) is 4.98 Å². The zero-order valence-electron chi connectivity index (χ0n) is 18.6. The summed E-state index contributed by atoms with van der Waals surface area (Å²) in [6.45, 7) is 7.45. The number of benzene rings is 2. The lowest BCUT2D eigenvalue weighted by Crippen LogP contribution is -2.48. The predicted molar refractivity (Wildman–Crippen MR) is 130 cm³/mol. The third-order valence-electron chi connectivity index (χ3n) is 5.96. The highest BCUT2D eigenvalue weighted by molar-refractivity contribution is 7.09. The van der Waals surface area contributed by atoms with Gasteiger partial charge in [0.1, 0.15) is 5.82 Å². The third kappa shape index (κ3) is 5.93. The molecule has 1 aliphatic heterocycles. The van der Waals surface area contributed by atoms with E-state index < -0.39 is 0 Å². The van der Waals surface area contributed by atoms with Crippen molar-refractivity contribution in [2.75, 3.05) is 44.2 Å². The Kier molecular flexibility index (Phi) is 7.85. The van der Waals surface area contributed by atoms with Crippen molar-refractivity contribution in [1.82, 2.24) is 19.6 Å². The van der Waals surface area contributed by atoms with E-state index in [0.29, 0.717) is 6.54 Å². The Labute approximate surface area is 194 Å². The second-order valence-corrected chi connectivity index (χ2v) is 8.88. The molecule has 168 valence electrons. The lowest BCUT2D eigenvalue weighted by molar-refractivity contribution is -0.122. The van der Waals surface area contributed by atoms with E-state index in [1.165, 1.54) is 17.1 Å². The SMILES string of the molecule is CCC(C(=O)NCCN1CCN(c2nc(Cc3ccccc3)ns2)CC1)c1ccccc1. The molecular weight excluding hydrogens is 418 g/mol. The van der Waals surface area contributed by atoms with Crippen LogP contribution in [0.4, 0.5) is 5.13 Å². The fraction of sp³-hybridized carbons (Fsp3) is 0.400. The zero-order chi connectivity index (χ0) is 22.2. The molecule has 3 aromatic rings. The van der Waals surface area contributed by atoms with Crippen molar-refractivity contribution in [3.63, 3.8) is 0 Å². The number of carbonyl (C=O) groups is 1. The van der Waals surface area contributed by atoms with Crippen LogP contribution in [-0.4, -0.2) is 59.4 Å². The molecule has 0 saturated carbocycles. The Morgan fingerprint density at radius 2 is 1.72 bits per heavy atom. The molecule has 6 nitrogen and oxygen atoms in total. The molecule has 1 atom stereocenters. The van der Waals surface area contributed by atoms with Gasteiger partial charge in [-0.1, -0.05) is 67.6 Å². The minimum absolute atomic E-state index is 0.0736. The molecule has 4 rings (SSSR count). The Bertz CT molecular complexity index is 970. The van der Waals surface area contributed by atoms with Crippen LogP contribution in [0.1, 0.15) is 36.2 Å². The molecule has 1 saturated heterocycles. The van der Waals surface area contributed by atoms with Crippen molar-refractivity contribution in [3.8, 4) is 0 Å². The predicted octanol–water partition coefficient (Wildman–Crippen LogP) is 3.56. The summed E-state index contributed by atoms with van der Waals surface area (Å²) in [5, 5.41) is 4.15. The van der Waals surface area contributed by atoms with Gasteiger partial charge >= 0.3 is 0 Å². The molecule has 1 amide bonds. The number of amides is 1. The van der Waals surface area contributed by atoms with Gasteiger partial charge in [0, 0.05) is 57.2 Å². The fourth-order valence-corrected chi connectivity index (χ4v) is 4.84. The molecular formula is C25H31N5OS. The summed E-state index contributed by atoms with van der Waals surface area (Å²) >= 11 is 1.49. The van der Waals surface area contributed by atoms with Crippen molar-refractivity contribution in [2.45, 2.75) is 25.7 Å². The van der Waals surface area contributed by atoms with Crippen LogP contribution in [0.15, 0.2) is 60.7 Å². The van der Waals surface area contributed by atoms with Crippen LogP contribution < -0.4 is 10.2 Å². The van der Waals surface area contributed by atoms with Gasteiger partial charge in [0.05, 0.1) is 5.92 Å². The van der Waals surface area contributed by atoms with E-state index in [1.54, 1.807) is 0 Å². The van der Waals surface area contributed by atoms with Gasteiger partial charge in [-0.05, 0) is 17.5 Å². The van der Waals surface area contributed by atoms with Gasteiger partial charge in [-0.2, -0.15) is 4.37 Å². The van der Waals surface area contributed by atoms with Crippen molar-refractivity contribution < 1.29 is 4.79 Å². The Morgan fingerprint density at radius 1 is 1.03 bits per heavy atom. The zero-order valence-corrected chi connectivity index (χ0v) is 19.4. The average molecular weight is 450 g/mol. The Morgan fingerprint density at radius 3 is 2.41 bits per heavy atom.